The van der Waals surface area contributed by atoms with Crippen molar-refractivity contribution < 1.29 is 37.6 Å². The Labute approximate surface area is 227 Å². The Morgan fingerprint density at radius 1 is 0.757 bits per heavy atom. The number of hydrogen-bond acceptors (Lipinski definition) is 6. The van der Waals surface area contributed by atoms with Gasteiger partial charge in [-0.2, -0.15) is 0 Å². The average molecular weight is 553 g/mol. The fourth-order valence-corrected chi connectivity index (χ4v) is 4.75. The molecule has 8 nitrogen and oxygen atoms in total. The fraction of sp³-hybridized carbons (Fsp3) is 0.964. The molecule has 0 heterocycles. The molecule has 0 bridgehead atoms. The van der Waals surface area contributed by atoms with Crippen molar-refractivity contribution in [2.24, 2.45) is 0 Å². The SMILES string of the molecule is CCCCCCCCCCCCCCCCCCCC(=O)O[C@@H](CO)COP(=O)(O)OCC[N+](C)(C)C. The summed E-state index contributed by atoms with van der Waals surface area (Å²) in [7, 11) is 1.56. The van der Waals surface area contributed by atoms with Gasteiger partial charge in [-0.05, 0) is 6.42 Å². The molecule has 1 unspecified atom stereocenters. The van der Waals surface area contributed by atoms with E-state index in [-0.39, 0.29) is 19.6 Å². The molecule has 37 heavy (non-hydrogen) atoms. The maximum absolute atomic E-state index is 12.0. The molecule has 222 valence electrons. The van der Waals surface area contributed by atoms with Gasteiger partial charge in [0.2, 0.25) is 0 Å². The van der Waals surface area contributed by atoms with Crippen molar-refractivity contribution in [3.05, 3.63) is 0 Å². The molecule has 0 aromatic rings. The molecule has 0 amide bonds. The highest BCUT2D eigenvalue weighted by Gasteiger charge is 2.25. The first-order valence-corrected chi connectivity index (χ1v) is 16.3. The maximum atomic E-state index is 12.0. The van der Waals surface area contributed by atoms with Gasteiger partial charge in [0, 0.05) is 6.42 Å². The van der Waals surface area contributed by atoms with Crippen molar-refractivity contribution in [3.8, 4) is 0 Å². The molecule has 0 fully saturated rings. The first-order chi connectivity index (χ1) is 17.6. The van der Waals surface area contributed by atoms with E-state index >= 15 is 0 Å². The topological polar surface area (TPSA) is 102 Å². The van der Waals surface area contributed by atoms with Gasteiger partial charge in [-0.25, -0.2) is 4.57 Å². The van der Waals surface area contributed by atoms with Crippen LogP contribution in [0.15, 0.2) is 0 Å². The van der Waals surface area contributed by atoms with Crippen LogP contribution >= 0.6 is 7.82 Å². The third-order valence-corrected chi connectivity index (χ3v) is 7.41. The number of ether oxygens (including phenoxy) is 1. The summed E-state index contributed by atoms with van der Waals surface area (Å²) in [6, 6.07) is 0. The van der Waals surface area contributed by atoms with Crippen LogP contribution in [0, 0.1) is 0 Å². The lowest BCUT2D eigenvalue weighted by Crippen LogP contribution is -2.37. The summed E-state index contributed by atoms with van der Waals surface area (Å²) in [5.41, 5.74) is 0. The molecule has 0 aromatic heterocycles. The molecule has 9 heteroatoms. The normalized spacial score (nSPS) is 14.4. The Kier molecular flexibility index (Phi) is 23.1. The number of phosphoric ester groups is 1. The van der Waals surface area contributed by atoms with Crippen LogP contribution in [0.2, 0.25) is 0 Å². The molecule has 0 aliphatic carbocycles. The predicted molar refractivity (Wildman–Crippen MR) is 150 cm³/mol. The molecule has 0 spiro atoms. The lowest BCUT2D eigenvalue weighted by atomic mass is 10.0. The van der Waals surface area contributed by atoms with E-state index < -0.39 is 26.5 Å². The number of rotatable bonds is 27. The highest BCUT2D eigenvalue weighted by Crippen LogP contribution is 2.43. The number of aliphatic hydroxyl groups is 1. The van der Waals surface area contributed by atoms with E-state index in [2.05, 4.69) is 6.92 Å². The molecule has 0 radical (unpaired) electrons. The highest BCUT2D eigenvalue weighted by molar-refractivity contribution is 7.47. The maximum Gasteiger partial charge on any atom is 0.472 e. The third kappa shape index (κ3) is 26.9. The van der Waals surface area contributed by atoms with Gasteiger partial charge in [-0.3, -0.25) is 13.8 Å². The van der Waals surface area contributed by atoms with Gasteiger partial charge in [0.1, 0.15) is 19.3 Å². The first-order valence-electron chi connectivity index (χ1n) is 14.8. The minimum absolute atomic E-state index is 0.0557. The summed E-state index contributed by atoms with van der Waals surface area (Å²) in [6.45, 7) is 1.98. The zero-order valence-corrected chi connectivity index (χ0v) is 25.4. The van der Waals surface area contributed by atoms with Crippen LogP contribution in [0.1, 0.15) is 122 Å². The number of carbonyl (C=O) groups is 1. The van der Waals surface area contributed by atoms with Gasteiger partial charge in [0.25, 0.3) is 0 Å². The quantitative estimate of drug-likeness (QED) is 0.0502. The third-order valence-electron chi connectivity index (χ3n) is 6.43. The van der Waals surface area contributed by atoms with Crippen LogP contribution in [-0.2, 0) is 23.1 Å². The van der Waals surface area contributed by atoms with E-state index in [1.807, 2.05) is 21.1 Å². The van der Waals surface area contributed by atoms with Gasteiger partial charge in [-0.15, -0.1) is 0 Å². The smallest absolute Gasteiger partial charge is 0.457 e. The standard InChI is InChI=1S/C28H58NO7P/c1-5-6-7-8-9-10-11-12-13-14-15-16-17-18-19-20-21-22-28(31)36-27(25-30)26-35-37(32,33)34-24-23-29(2,3)4/h27,30H,5-26H2,1-4H3/p+1/t27-/m0/s1. The lowest BCUT2D eigenvalue weighted by molar-refractivity contribution is -0.870. The second kappa shape index (κ2) is 23.4. The highest BCUT2D eigenvalue weighted by atomic mass is 31.2. The number of aliphatic hydroxyl groups excluding tert-OH is 1. The number of carbonyl (C=O) groups excluding carboxylic acids is 1. The summed E-state index contributed by atoms with van der Waals surface area (Å²) in [6.07, 6.45) is 21.0. The number of phosphoric acid groups is 1. The van der Waals surface area contributed by atoms with Crippen LogP contribution < -0.4 is 0 Å². The van der Waals surface area contributed by atoms with Gasteiger partial charge >= 0.3 is 13.8 Å². The molecular weight excluding hydrogens is 493 g/mol. The van der Waals surface area contributed by atoms with Gasteiger partial charge < -0.3 is 19.2 Å². The number of likely N-dealkylation sites (N-methyl/N-ethyl adjacent to an activating group) is 1. The fourth-order valence-electron chi connectivity index (χ4n) is 4.01. The summed E-state index contributed by atoms with van der Waals surface area (Å²) in [5.74, 6) is -0.428. The van der Waals surface area contributed by atoms with Crippen molar-refractivity contribution in [2.75, 3.05) is 47.5 Å². The predicted octanol–water partition coefficient (Wildman–Crippen LogP) is 6.77. The molecule has 0 aromatic carbocycles. The van der Waals surface area contributed by atoms with Gasteiger partial charge in [-0.1, -0.05) is 110 Å². The largest absolute Gasteiger partial charge is 0.472 e. The van der Waals surface area contributed by atoms with E-state index in [1.165, 1.54) is 89.9 Å². The van der Waals surface area contributed by atoms with Gasteiger partial charge in [0.05, 0.1) is 34.4 Å². The van der Waals surface area contributed by atoms with Crippen LogP contribution in [0.4, 0.5) is 0 Å². The van der Waals surface area contributed by atoms with Crippen molar-refractivity contribution in [1.82, 2.24) is 0 Å². The minimum atomic E-state index is -4.26. The van der Waals surface area contributed by atoms with E-state index in [9.17, 15) is 19.4 Å². The van der Waals surface area contributed by atoms with Crippen molar-refractivity contribution >= 4 is 13.8 Å². The number of hydrogen-bond donors (Lipinski definition) is 2. The van der Waals surface area contributed by atoms with E-state index in [0.29, 0.717) is 11.0 Å². The summed E-state index contributed by atoms with van der Waals surface area (Å²) < 4.78 is 27.5. The zero-order chi connectivity index (χ0) is 27.8. The molecule has 0 saturated carbocycles. The Morgan fingerprint density at radius 2 is 1.19 bits per heavy atom. The van der Waals surface area contributed by atoms with E-state index in [1.54, 1.807) is 0 Å². The van der Waals surface area contributed by atoms with Crippen LogP contribution in [0.25, 0.3) is 0 Å². The first kappa shape index (κ1) is 36.5. The Bertz CT molecular complexity index is 583. The molecule has 2 atom stereocenters. The number of unbranched alkanes of at least 4 members (excludes halogenated alkanes) is 16. The summed E-state index contributed by atoms with van der Waals surface area (Å²) >= 11 is 0. The lowest BCUT2D eigenvalue weighted by Gasteiger charge is -2.24. The van der Waals surface area contributed by atoms with Crippen molar-refractivity contribution in [3.63, 3.8) is 0 Å². The second-order valence-electron chi connectivity index (χ2n) is 11.3. The van der Waals surface area contributed by atoms with E-state index in [0.717, 1.165) is 19.3 Å². The zero-order valence-electron chi connectivity index (χ0n) is 24.5. The molecule has 0 rings (SSSR count). The summed E-state index contributed by atoms with van der Waals surface area (Å²) in [4.78, 5) is 21.8. The van der Waals surface area contributed by atoms with Crippen LogP contribution in [0.3, 0.4) is 0 Å². The number of nitrogens with zero attached hydrogens (tertiary/aromatic N) is 1. The monoisotopic (exact) mass is 552 g/mol. The van der Waals surface area contributed by atoms with Crippen molar-refractivity contribution in [1.29, 1.82) is 0 Å². The molecule has 0 aliphatic rings. The molecule has 0 saturated heterocycles. The average Bonchev–Trinajstić information content (AvgIpc) is 2.82. The number of esters is 1. The van der Waals surface area contributed by atoms with E-state index in [4.69, 9.17) is 13.8 Å². The second-order valence-corrected chi connectivity index (χ2v) is 12.8. The van der Waals surface area contributed by atoms with Crippen LogP contribution in [-0.4, -0.2) is 74.1 Å². The van der Waals surface area contributed by atoms with Crippen molar-refractivity contribution in [2.45, 2.75) is 129 Å². The molecule has 2 N–H and O–H groups in total. The Balaban J connectivity index is 3.62. The Morgan fingerprint density at radius 3 is 1.59 bits per heavy atom. The molecule has 0 aliphatic heterocycles. The van der Waals surface area contributed by atoms with Crippen LogP contribution in [0.5, 0.6) is 0 Å². The number of quaternary nitrogens is 1. The summed E-state index contributed by atoms with van der Waals surface area (Å²) in [5, 5.41) is 9.40. The minimum Gasteiger partial charge on any atom is -0.457 e. The molecular formula is C28H59NO7P+. The Hall–Kier alpha value is -0.500. The van der Waals surface area contributed by atoms with Gasteiger partial charge in [0.15, 0.2) is 0 Å².